The maximum atomic E-state index is 13.3. The molecule has 1 aliphatic rings. The van der Waals surface area contributed by atoms with Crippen molar-refractivity contribution >= 4 is 5.91 Å². The number of benzene rings is 1. The molecule has 2 atom stereocenters. The third-order valence-electron chi connectivity index (χ3n) is 4.81. The van der Waals surface area contributed by atoms with Crippen molar-refractivity contribution in [2.24, 2.45) is 5.73 Å². The van der Waals surface area contributed by atoms with Crippen LogP contribution < -0.4 is 5.73 Å². The lowest BCUT2D eigenvalue weighted by atomic mass is 9.95. The van der Waals surface area contributed by atoms with Gasteiger partial charge < -0.3 is 5.73 Å². The largest absolute Gasteiger partial charge is 0.368 e. The first-order valence-corrected chi connectivity index (χ1v) is 8.64. The zero-order chi connectivity index (χ0) is 18.0. The van der Waals surface area contributed by atoms with Crippen molar-refractivity contribution in [3.63, 3.8) is 0 Å². The molecular weight excluding hydrogens is 321 g/mol. The van der Waals surface area contributed by atoms with Gasteiger partial charge in [0.1, 0.15) is 23.5 Å². The van der Waals surface area contributed by atoms with Crippen LogP contribution in [0.4, 0.5) is 4.39 Å². The maximum absolute atomic E-state index is 13.3. The van der Waals surface area contributed by atoms with Gasteiger partial charge in [0, 0.05) is 6.04 Å². The molecule has 6 nitrogen and oxygen atoms in total. The van der Waals surface area contributed by atoms with Crippen molar-refractivity contribution in [1.82, 2.24) is 19.7 Å². The smallest absolute Gasteiger partial charge is 0.239 e. The number of hydrogen-bond acceptors (Lipinski definition) is 4. The minimum absolute atomic E-state index is 0.135. The molecule has 2 heterocycles. The van der Waals surface area contributed by atoms with E-state index in [0.29, 0.717) is 6.54 Å². The van der Waals surface area contributed by atoms with Crippen LogP contribution in [0.3, 0.4) is 0 Å². The molecule has 7 heteroatoms. The van der Waals surface area contributed by atoms with Gasteiger partial charge in [0.25, 0.3) is 0 Å². The van der Waals surface area contributed by atoms with Gasteiger partial charge in [-0.2, -0.15) is 5.10 Å². The first-order chi connectivity index (χ1) is 12.0. The predicted octanol–water partition coefficient (Wildman–Crippen LogP) is 2.12. The summed E-state index contributed by atoms with van der Waals surface area (Å²) >= 11 is 0. The van der Waals surface area contributed by atoms with Gasteiger partial charge in [-0.1, -0.05) is 18.6 Å². The van der Waals surface area contributed by atoms with Crippen LogP contribution in [-0.2, 0) is 11.3 Å². The highest BCUT2D eigenvalue weighted by molar-refractivity contribution is 5.81. The van der Waals surface area contributed by atoms with E-state index >= 15 is 0 Å². The molecule has 1 amide bonds. The van der Waals surface area contributed by atoms with Gasteiger partial charge in [-0.3, -0.25) is 9.69 Å². The number of halogens is 1. The number of nitrogens with two attached hydrogens (primary N) is 1. The SMILES string of the molecule is Cc1nc(C)n(C[C@@H]2CCCCN2[C@@H](C(N)=O)c2ccc(F)cc2)n1. The third-order valence-corrected chi connectivity index (χ3v) is 4.81. The summed E-state index contributed by atoms with van der Waals surface area (Å²) < 4.78 is 15.1. The van der Waals surface area contributed by atoms with Crippen molar-refractivity contribution in [3.8, 4) is 0 Å². The second-order valence-corrected chi connectivity index (χ2v) is 6.63. The molecule has 1 aromatic heterocycles. The highest BCUT2D eigenvalue weighted by Crippen LogP contribution is 2.29. The van der Waals surface area contributed by atoms with Crippen LogP contribution in [0, 0.1) is 19.7 Å². The highest BCUT2D eigenvalue weighted by atomic mass is 19.1. The second kappa shape index (κ2) is 7.31. The van der Waals surface area contributed by atoms with E-state index in [2.05, 4.69) is 15.0 Å². The Morgan fingerprint density at radius 1 is 1.32 bits per heavy atom. The molecule has 1 aromatic carbocycles. The number of likely N-dealkylation sites (tertiary alicyclic amines) is 1. The summed E-state index contributed by atoms with van der Waals surface area (Å²) in [5.41, 5.74) is 6.45. The van der Waals surface area contributed by atoms with Crippen LogP contribution >= 0.6 is 0 Å². The number of hydrogen-bond donors (Lipinski definition) is 1. The molecule has 1 aliphatic heterocycles. The van der Waals surface area contributed by atoms with Crippen molar-refractivity contribution in [2.45, 2.75) is 51.7 Å². The van der Waals surface area contributed by atoms with E-state index in [0.717, 1.165) is 43.0 Å². The number of amides is 1. The quantitative estimate of drug-likeness (QED) is 0.900. The van der Waals surface area contributed by atoms with Gasteiger partial charge in [0.2, 0.25) is 5.91 Å². The van der Waals surface area contributed by atoms with Gasteiger partial charge >= 0.3 is 0 Å². The molecule has 0 aliphatic carbocycles. The fraction of sp³-hybridized carbons (Fsp3) is 0.500. The van der Waals surface area contributed by atoms with Crippen LogP contribution in [0.15, 0.2) is 24.3 Å². The summed E-state index contributed by atoms with van der Waals surface area (Å²) in [6, 6.07) is 5.60. The number of carbonyl (C=O) groups excluding carboxylic acids is 1. The van der Waals surface area contributed by atoms with Gasteiger partial charge in [-0.05, 0) is 50.9 Å². The molecule has 0 spiro atoms. The standard InChI is InChI=1S/C18H24FN5O/c1-12-21-13(2)24(22-12)11-16-5-3-4-10-23(16)17(18(20)25)14-6-8-15(19)9-7-14/h6-9,16-17H,3-5,10-11H2,1-2H3,(H2,20,25)/t16-,17+/m0/s1. The van der Waals surface area contributed by atoms with Crippen molar-refractivity contribution in [1.29, 1.82) is 0 Å². The average Bonchev–Trinajstić information content (AvgIpc) is 2.88. The van der Waals surface area contributed by atoms with Crippen LogP contribution in [0.25, 0.3) is 0 Å². The monoisotopic (exact) mass is 345 g/mol. The summed E-state index contributed by atoms with van der Waals surface area (Å²) in [7, 11) is 0. The van der Waals surface area contributed by atoms with E-state index in [1.165, 1.54) is 12.1 Å². The lowest BCUT2D eigenvalue weighted by Gasteiger charge is -2.40. The molecule has 25 heavy (non-hydrogen) atoms. The maximum Gasteiger partial charge on any atom is 0.239 e. The summed E-state index contributed by atoms with van der Waals surface area (Å²) in [5.74, 6) is 0.867. The van der Waals surface area contributed by atoms with Gasteiger partial charge in [0.05, 0.1) is 6.54 Å². The summed E-state index contributed by atoms with van der Waals surface area (Å²) in [6.07, 6.45) is 3.07. The van der Waals surface area contributed by atoms with Gasteiger partial charge in [-0.25, -0.2) is 14.1 Å². The van der Waals surface area contributed by atoms with E-state index in [4.69, 9.17) is 5.73 Å². The Morgan fingerprint density at radius 3 is 2.64 bits per heavy atom. The molecule has 0 unspecified atom stereocenters. The first kappa shape index (κ1) is 17.5. The Morgan fingerprint density at radius 2 is 2.04 bits per heavy atom. The van der Waals surface area contributed by atoms with E-state index < -0.39 is 11.9 Å². The molecule has 1 fully saturated rings. The van der Waals surface area contributed by atoms with Crippen LogP contribution in [0.1, 0.15) is 42.5 Å². The minimum Gasteiger partial charge on any atom is -0.368 e. The fourth-order valence-corrected chi connectivity index (χ4v) is 3.66. The Labute approximate surface area is 146 Å². The van der Waals surface area contributed by atoms with Gasteiger partial charge in [0.15, 0.2) is 0 Å². The third kappa shape index (κ3) is 3.87. The number of nitrogens with zero attached hydrogens (tertiary/aromatic N) is 4. The molecular formula is C18H24FN5O. The van der Waals surface area contributed by atoms with Crippen LogP contribution in [0.5, 0.6) is 0 Å². The molecule has 2 N–H and O–H groups in total. The topological polar surface area (TPSA) is 77.0 Å². The zero-order valence-electron chi connectivity index (χ0n) is 14.7. The van der Waals surface area contributed by atoms with Crippen molar-refractivity contribution in [3.05, 3.63) is 47.3 Å². The Balaban J connectivity index is 1.88. The first-order valence-electron chi connectivity index (χ1n) is 8.64. The van der Waals surface area contributed by atoms with Crippen LogP contribution in [-0.4, -0.2) is 38.2 Å². The molecule has 0 bridgehead atoms. The Kier molecular flexibility index (Phi) is 5.13. The van der Waals surface area contributed by atoms with Crippen LogP contribution in [0.2, 0.25) is 0 Å². The molecule has 2 aromatic rings. The van der Waals surface area contributed by atoms with E-state index in [-0.39, 0.29) is 11.9 Å². The lowest BCUT2D eigenvalue weighted by Crippen LogP contribution is -2.48. The zero-order valence-corrected chi connectivity index (χ0v) is 14.7. The molecule has 3 rings (SSSR count). The molecule has 0 radical (unpaired) electrons. The van der Waals surface area contributed by atoms with E-state index in [1.54, 1.807) is 12.1 Å². The fourth-order valence-electron chi connectivity index (χ4n) is 3.66. The van der Waals surface area contributed by atoms with Crippen molar-refractivity contribution in [2.75, 3.05) is 6.54 Å². The minimum atomic E-state index is -0.559. The number of primary amides is 1. The number of aromatic nitrogens is 3. The second-order valence-electron chi connectivity index (χ2n) is 6.63. The number of rotatable bonds is 5. The predicted molar refractivity (Wildman–Crippen MR) is 92.2 cm³/mol. The van der Waals surface area contributed by atoms with E-state index in [9.17, 15) is 9.18 Å². The summed E-state index contributed by atoms with van der Waals surface area (Å²) in [6.45, 7) is 5.24. The number of piperidine rings is 1. The summed E-state index contributed by atoms with van der Waals surface area (Å²) in [5, 5.41) is 4.44. The Hall–Kier alpha value is -2.28. The molecule has 1 saturated heterocycles. The Bertz CT molecular complexity index is 742. The number of carbonyl (C=O) groups is 1. The lowest BCUT2D eigenvalue weighted by molar-refractivity contribution is -0.125. The summed E-state index contributed by atoms with van der Waals surface area (Å²) in [4.78, 5) is 18.7. The normalized spacial score (nSPS) is 19.7. The molecule has 134 valence electrons. The van der Waals surface area contributed by atoms with Crippen molar-refractivity contribution < 1.29 is 9.18 Å². The van der Waals surface area contributed by atoms with Gasteiger partial charge in [-0.15, -0.1) is 0 Å². The molecule has 0 saturated carbocycles. The highest BCUT2D eigenvalue weighted by Gasteiger charge is 2.33. The van der Waals surface area contributed by atoms with E-state index in [1.807, 2.05) is 18.5 Å². The number of aryl methyl sites for hydroxylation is 2. The average molecular weight is 345 g/mol.